The molecule has 0 aliphatic rings. The minimum atomic E-state index is 0.168. The van der Waals surface area contributed by atoms with E-state index in [1.54, 1.807) is 7.11 Å². The third kappa shape index (κ3) is 4.57. The first-order valence-corrected chi connectivity index (χ1v) is 7.58. The maximum atomic E-state index is 12.0. The highest BCUT2D eigenvalue weighted by Crippen LogP contribution is 2.24. The van der Waals surface area contributed by atoms with Gasteiger partial charge in [0.1, 0.15) is 5.75 Å². The average molecular weight is 345 g/mol. The summed E-state index contributed by atoms with van der Waals surface area (Å²) in [5, 5.41) is 0. The molecule has 21 heavy (non-hydrogen) atoms. The van der Waals surface area contributed by atoms with Crippen molar-refractivity contribution in [2.75, 3.05) is 7.11 Å². The summed E-state index contributed by atoms with van der Waals surface area (Å²) >= 11 is 3.55. The summed E-state index contributed by atoms with van der Waals surface area (Å²) < 4.78 is 6.12. The van der Waals surface area contributed by atoms with Crippen LogP contribution in [0.15, 0.2) is 60.7 Å². The molecule has 108 valence electrons. The fourth-order valence-electron chi connectivity index (χ4n) is 1.97. The third-order valence-corrected chi connectivity index (χ3v) is 3.94. The molecule has 0 bridgehead atoms. The van der Waals surface area contributed by atoms with E-state index in [2.05, 4.69) is 15.9 Å². The Hall–Kier alpha value is -1.87. The van der Waals surface area contributed by atoms with Crippen molar-refractivity contribution in [3.8, 4) is 5.75 Å². The molecule has 0 spiro atoms. The van der Waals surface area contributed by atoms with E-state index < -0.39 is 0 Å². The monoisotopic (exact) mass is 344 g/mol. The third-order valence-electron chi connectivity index (χ3n) is 3.16. The van der Waals surface area contributed by atoms with Gasteiger partial charge in [0, 0.05) is 16.5 Å². The lowest BCUT2D eigenvalue weighted by Gasteiger charge is -2.03. The molecule has 2 aromatic carbocycles. The van der Waals surface area contributed by atoms with E-state index in [9.17, 15) is 4.79 Å². The van der Waals surface area contributed by atoms with Crippen LogP contribution >= 0.6 is 15.9 Å². The summed E-state index contributed by atoms with van der Waals surface area (Å²) in [6, 6.07) is 17.2. The molecule has 0 fully saturated rings. The Labute approximate surface area is 133 Å². The van der Waals surface area contributed by atoms with Gasteiger partial charge in [0.25, 0.3) is 0 Å². The van der Waals surface area contributed by atoms with E-state index in [4.69, 9.17) is 4.74 Å². The van der Waals surface area contributed by atoms with Gasteiger partial charge in [0.15, 0.2) is 5.78 Å². The molecule has 0 radical (unpaired) electrons. The zero-order chi connectivity index (χ0) is 15.1. The molecule has 0 atom stereocenters. The Kier molecular flexibility index (Phi) is 5.76. The van der Waals surface area contributed by atoms with Crippen LogP contribution in [0, 0.1) is 0 Å². The van der Waals surface area contributed by atoms with Crippen LogP contribution in [0.5, 0.6) is 5.75 Å². The van der Waals surface area contributed by atoms with Gasteiger partial charge in [-0.2, -0.15) is 0 Å². The minimum absolute atomic E-state index is 0.168. The van der Waals surface area contributed by atoms with E-state index >= 15 is 0 Å². The molecule has 2 rings (SSSR count). The van der Waals surface area contributed by atoms with Crippen LogP contribution < -0.4 is 4.74 Å². The normalized spacial score (nSPS) is 11.2. The predicted molar refractivity (Wildman–Crippen MR) is 89.9 cm³/mol. The average Bonchev–Trinajstić information content (AvgIpc) is 2.55. The van der Waals surface area contributed by atoms with Crippen LogP contribution in [0.4, 0.5) is 0 Å². The van der Waals surface area contributed by atoms with Gasteiger partial charge in [-0.15, -0.1) is 0 Å². The van der Waals surface area contributed by atoms with Crippen molar-refractivity contribution in [2.24, 2.45) is 0 Å². The van der Waals surface area contributed by atoms with Crippen LogP contribution in [0.1, 0.15) is 28.8 Å². The zero-order valence-electron chi connectivity index (χ0n) is 11.9. The molecule has 0 saturated carbocycles. The fourth-order valence-corrected chi connectivity index (χ4v) is 2.46. The lowest BCUT2D eigenvalue weighted by molar-refractivity contribution is 0.0984. The first kappa shape index (κ1) is 15.5. The van der Waals surface area contributed by atoms with Crippen molar-refractivity contribution in [1.82, 2.24) is 0 Å². The van der Waals surface area contributed by atoms with Crippen molar-refractivity contribution < 1.29 is 9.53 Å². The number of methoxy groups -OCH3 is 1. The quantitative estimate of drug-likeness (QED) is 0.682. The first-order valence-electron chi connectivity index (χ1n) is 6.79. The predicted octanol–water partition coefficient (Wildman–Crippen LogP) is 5.09. The molecule has 0 unspecified atom stereocenters. The van der Waals surface area contributed by atoms with Crippen LogP contribution in [0.2, 0.25) is 0 Å². The van der Waals surface area contributed by atoms with Gasteiger partial charge in [-0.3, -0.25) is 4.79 Å². The molecule has 0 aliphatic heterocycles. The summed E-state index contributed by atoms with van der Waals surface area (Å²) in [5.41, 5.74) is 1.84. The maximum Gasteiger partial charge on any atom is 0.163 e. The van der Waals surface area contributed by atoms with E-state index in [0.717, 1.165) is 21.4 Å². The number of halogens is 1. The van der Waals surface area contributed by atoms with Crippen molar-refractivity contribution in [3.05, 3.63) is 71.8 Å². The van der Waals surface area contributed by atoms with Gasteiger partial charge in [0.05, 0.1) is 7.11 Å². The summed E-state index contributed by atoms with van der Waals surface area (Å²) in [5.74, 6) is 1.00. The zero-order valence-corrected chi connectivity index (χ0v) is 13.5. The van der Waals surface area contributed by atoms with E-state index in [0.29, 0.717) is 12.8 Å². The molecule has 2 nitrogen and oxygen atoms in total. The molecule has 0 aliphatic carbocycles. The van der Waals surface area contributed by atoms with Gasteiger partial charge in [0.2, 0.25) is 0 Å². The summed E-state index contributed by atoms with van der Waals surface area (Å²) in [6.07, 6.45) is 3.25. The smallest absolute Gasteiger partial charge is 0.163 e. The molecule has 0 saturated heterocycles. The number of ether oxygens (including phenoxy) is 1. The second-order valence-electron chi connectivity index (χ2n) is 4.61. The molecule has 0 heterocycles. The second-order valence-corrected chi connectivity index (χ2v) is 5.46. The number of allylic oxidation sites excluding steroid dienone is 1. The molecule has 0 amide bonds. The van der Waals surface area contributed by atoms with Gasteiger partial charge >= 0.3 is 0 Å². The number of Topliss-reactive ketones (excluding diaryl/α,β-unsaturated/α-hetero) is 1. The Morgan fingerprint density at radius 2 is 1.71 bits per heavy atom. The van der Waals surface area contributed by atoms with Crippen LogP contribution in [-0.2, 0) is 0 Å². The van der Waals surface area contributed by atoms with Crippen molar-refractivity contribution >= 4 is 26.2 Å². The fraction of sp³-hybridized carbons (Fsp3) is 0.167. The minimum Gasteiger partial charge on any atom is -0.497 e. The molecule has 3 heteroatoms. The van der Waals surface area contributed by atoms with Crippen LogP contribution in [-0.4, -0.2) is 12.9 Å². The topological polar surface area (TPSA) is 26.3 Å². The van der Waals surface area contributed by atoms with E-state index in [1.807, 2.05) is 60.7 Å². The van der Waals surface area contributed by atoms with Crippen molar-refractivity contribution in [1.29, 1.82) is 0 Å². The maximum absolute atomic E-state index is 12.0. The van der Waals surface area contributed by atoms with Gasteiger partial charge in [-0.05, 0) is 24.1 Å². The highest BCUT2D eigenvalue weighted by molar-refractivity contribution is 9.15. The number of carbonyl (C=O) groups excluding carboxylic acids is 1. The lowest BCUT2D eigenvalue weighted by Crippen LogP contribution is -1.97. The Morgan fingerprint density at radius 3 is 2.33 bits per heavy atom. The largest absolute Gasteiger partial charge is 0.497 e. The Bertz CT molecular complexity index is 615. The standard InChI is InChI=1S/C18H17BrO2/c1-21-16-12-10-14(11-13-16)17(19)8-5-9-18(20)15-6-3-2-4-7-15/h2-4,6-8,10-13H,5,9H2,1H3/b17-8-. The molecule has 2 aromatic rings. The van der Waals surface area contributed by atoms with Crippen molar-refractivity contribution in [2.45, 2.75) is 12.8 Å². The van der Waals surface area contributed by atoms with E-state index in [1.165, 1.54) is 0 Å². The first-order chi connectivity index (χ1) is 10.2. The summed E-state index contributed by atoms with van der Waals surface area (Å²) in [6.45, 7) is 0. The number of hydrogen-bond acceptors (Lipinski definition) is 2. The number of carbonyl (C=O) groups is 1. The number of ketones is 1. The Morgan fingerprint density at radius 1 is 1.05 bits per heavy atom. The summed E-state index contributed by atoms with van der Waals surface area (Å²) in [4.78, 5) is 12.0. The number of rotatable bonds is 6. The highest BCUT2D eigenvalue weighted by Gasteiger charge is 2.04. The number of hydrogen-bond donors (Lipinski definition) is 0. The number of benzene rings is 2. The summed E-state index contributed by atoms with van der Waals surface area (Å²) in [7, 11) is 1.65. The van der Waals surface area contributed by atoms with Gasteiger partial charge in [-0.25, -0.2) is 0 Å². The molecule has 0 aromatic heterocycles. The van der Waals surface area contributed by atoms with Gasteiger partial charge < -0.3 is 4.74 Å². The van der Waals surface area contributed by atoms with Gasteiger partial charge in [-0.1, -0.05) is 64.5 Å². The van der Waals surface area contributed by atoms with Crippen LogP contribution in [0.3, 0.4) is 0 Å². The lowest BCUT2D eigenvalue weighted by atomic mass is 10.1. The SMILES string of the molecule is COc1ccc(/C(Br)=C/CCC(=O)c2ccccc2)cc1. The molecule has 0 N–H and O–H groups in total. The Balaban J connectivity index is 1.92. The van der Waals surface area contributed by atoms with Crippen molar-refractivity contribution in [3.63, 3.8) is 0 Å². The highest BCUT2D eigenvalue weighted by atomic mass is 79.9. The molecular weight excluding hydrogens is 328 g/mol. The van der Waals surface area contributed by atoms with Crippen LogP contribution in [0.25, 0.3) is 4.48 Å². The molecular formula is C18H17BrO2. The van der Waals surface area contributed by atoms with E-state index in [-0.39, 0.29) is 5.78 Å². The second kappa shape index (κ2) is 7.79.